The molecule has 0 saturated heterocycles. The van der Waals surface area contributed by atoms with E-state index in [1.54, 1.807) is 0 Å². The van der Waals surface area contributed by atoms with Crippen LogP contribution >= 0.6 is 0 Å². The average molecular weight is 132 g/mol. The van der Waals surface area contributed by atoms with E-state index in [1.165, 1.54) is 11.1 Å². The summed E-state index contributed by atoms with van der Waals surface area (Å²) in [5.41, 5.74) is 2.78. The van der Waals surface area contributed by atoms with E-state index in [0.29, 0.717) is 5.82 Å². The van der Waals surface area contributed by atoms with Crippen LogP contribution in [0.15, 0.2) is 24.3 Å². The van der Waals surface area contributed by atoms with Crippen molar-refractivity contribution in [1.82, 2.24) is 0 Å². The van der Waals surface area contributed by atoms with E-state index in [1.807, 2.05) is 0 Å². The molecule has 0 bridgehead atoms. The average Bonchev–Trinajstić information content (AvgIpc) is 1.88. The predicted octanol–water partition coefficient (Wildman–Crippen LogP) is 1.69. The van der Waals surface area contributed by atoms with Gasteiger partial charge in [-0.05, 0) is 12.7 Å². The second kappa shape index (κ2) is 2.91. The van der Waals surface area contributed by atoms with Gasteiger partial charge in [-0.15, -0.1) is 0 Å². The number of hydrogen-bond donors (Lipinski definition) is 0. The van der Waals surface area contributed by atoms with Gasteiger partial charge in [0.25, 0.3) is 0 Å². The van der Waals surface area contributed by atoms with Gasteiger partial charge in [0.1, 0.15) is 7.85 Å². The minimum absolute atomic E-state index is 0.653. The molecular weight excluding hydrogens is 119 g/mol. The molecule has 1 aromatic rings. The Morgan fingerprint density at radius 2 is 2.10 bits per heavy atom. The third-order valence-corrected chi connectivity index (χ3v) is 1.71. The number of aryl methyl sites for hydroxylation is 1. The minimum Gasteiger partial charge on any atom is -0.0658 e. The fourth-order valence-electron chi connectivity index (χ4n) is 1.03. The van der Waals surface area contributed by atoms with Crippen molar-refractivity contribution in [3.05, 3.63) is 35.4 Å². The Morgan fingerprint density at radius 3 is 2.50 bits per heavy atom. The highest BCUT2D eigenvalue weighted by molar-refractivity contribution is 6.12. The largest absolute Gasteiger partial charge is 0.110 e. The summed E-state index contributed by atoms with van der Waals surface area (Å²) in [4.78, 5) is 0. The first-order valence-corrected chi connectivity index (χ1v) is 3.76. The molecule has 0 heterocycles. The van der Waals surface area contributed by atoms with Crippen LogP contribution in [0.4, 0.5) is 0 Å². The SMILES string of the molecule is BC(C)c1cccc(C)c1. The molecule has 0 spiro atoms. The maximum atomic E-state index is 2.24. The van der Waals surface area contributed by atoms with Crippen molar-refractivity contribution in [2.75, 3.05) is 0 Å². The predicted molar refractivity (Wildman–Crippen MR) is 48.1 cm³/mol. The molecule has 0 saturated carbocycles. The number of rotatable bonds is 1. The van der Waals surface area contributed by atoms with Crippen molar-refractivity contribution in [2.45, 2.75) is 19.7 Å². The van der Waals surface area contributed by atoms with Crippen LogP contribution in [-0.4, -0.2) is 7.85 Å². The van der Waals surface area contributed by atoms with Crippen molar-refractivity contribution in [3.8, 4) is 0 Å². The molecule has 1 atom stereocenters. The zero-order valence-electron chi connectivity index (χ0n) is 6.89. The molecule has 0 aliphatic carbocycles. The van der Waals surface area contributed by atoms with Crippen LogP contribution in [0.1, 0.15) is 23.9 Å². The molecule has 52 valence electrons. The number of benzene rings is 1. The summed E-state index contributed by atoms with van der Waals surface area (Å²) in [6.45, 7) is 4.35. The molecule has 10 heavy (non-hydrogen) atoms. The summed E-state index contributed by atoms with van der Waals surface area (Å²) in [5.74, 6) is 0.653. The Kier molecular flexibility index (Phi) is 2.15. The van der Waals surface area contributed by atoms with E-state index in [0.717, 1.165) is 0 Å². The van der Waals surface area contributed by atoms with E-state index in [9.17, 15) is 0 Å². The molecule has 0 nitrogen and oxygen atoms in total. The molecule has 0 aromatic heterocycles. The van der Waals surface area contributed by atoms with Gasteiger partial charge in [0.05, 0.1) is 0 Å². The van der Waals surface area contributed by atoms with Gasteiger partial charge in [0, 0.05) is 0 Å². The highest BCUT2D eigenvalue weighted by atomic mass is 14.0. The van der Waals surface area contributed by atoms with Gasteiger partial charge < -0.3 is 0 Å². The lowest BCUT2D eigenvalue weighted by atomic mass is 9.83. The van der Waals surface area contributed by atoms with E-state index < -0.39 is 0 Å². The van der Waals surface area contributed by atoms with Gasteiger partial charge in [-0.3, -0.25) is 0 Å². The topological polar surface area (TPSA) is 0 Å². The molecule has 0 aliphatic rings. The smallest absolute Gasteiger partial charge is 0.0658 e. The molecule has 0 amide bonds. The molecule has 0 N–H and O–H groups in total. The molecule has 0 fully saturated rings. The van der Waals surface area contributed by atoms with E-state index >= 15 is 0 Å². The van der Waals surface area contributed by atoms with Crippen LogP contribution in [-0.2, 0) is 0 Å². The van der Waals surface area contributed by atoms with Crippen molar-refractivity contribution < 1.29 is 0 Å². The van der Waals surface area contributed by atoms with Crippen LogP contribution in [0.5, 0.6) is 0 Å². The summed E-state index contributed by atoms with van der Waals surface area (Å²) in [5, 5.41) is 0. The Labute approximate surface area is 63.7 Å². The van der Waals surface area contributed by atoms with Crippen LogP contribution in [0.25, 0.3) is 0 Å². The van der Waals surface area contributed by atoms with E-state index in [2.05, 4.69) is 46.0 Å². The molecule has 1 rings (SSSR count). The van der Waals surface area contributed by atoms with Crippen LogP contribution in [0.2, 0.25) is 0 Å². The standard InChI is InChI=1S/C9H13B/c1-7-4-3-5-9(6-7)8(2)10/h3-6,8H,10H2,1-2H3. The highest BCUT2D eigenvalue weighted by Gasteiger charge is 1.96. The monoisotopic (exact) mass is 132 g/mol. The van der Waals surface area contributed by atoms with Crippen molar-refractivity contribution in [3.63, 3.8) is 0 Å². The Balaban J connectivity index is 2.96. The van der Waals surface area contributed by atoms with Crippen LogP contribution < -0.4 is 0 Å². The quantitative estimate of drug-likeness (QED) is 0.510. The Hall–Kier alpha value is -0.715. The third kappa shape index (κ3) is 1.63. The number of hydrogen-bond acceptors (Lipinski definition) is 0. The second-order valence-electron chi connectivity index (χ2n) is 3.07. The van der Waals surface area contributed by atoms with Crippen molar-refractivity contribution in [2.24, 2.45) is 0 Å². The lowest BCUT2D eigenvalue weighted by molar-refractivity contribution is 1.08. The second-order valence-corrected chi connectivity index (χ2v) is 3.07. The molecule has 0 radical (unpaired) electrons. The molecule has 1 unspecified atom stereocenters. The summed E-state index contributed by atoms with van der Waals surface area (Å²) in [6.07, 6.45) is 0. The normalized spacial score (nSPS) is 13.0. The van der Waals surface area contributed by atoms with Crippen molar-refractivity contribution >= 4 is 7.85 Å². The molecule has 1 aromatic carbocycles. The van der Waals surface area contributed by atoms with Gasteiger partial charge in [0.2, 0.25) is 0 Å². The molecule has 1 heteroatoms. The molecular formula is C9H13B. The van der Waals surface area contributed by atoms with Gasteiger partial charge in [-0.1, -0.05) is 42.3 Å². The first-order chi connectivity index (χ1) is 4.70. The lowest BCUT2D eigenvalue weighted by Gasteiger charge is -2.04. The van der Waals surface area contributed by atoms with Crippen LogP contribution in [0.3, 0.4) is 0 Å². The summed E-state index contributed by atoms with van der Waals surface area (Å²) < 4.78 is 0. The van der Waals surface area contributed by atoms with Gasteiger partial charge in [0.15, 0.2) is 0 Å². The zero-order valence-corrected chi connectivity index (χ0v) is 6.89. The maximum Gasteiger partial charge on any atom is 0.110 e. The first-order valence-electron chi connectivity index (χ1n) is 3.76. The summed E-state index contributed by atoms with van der Waals surface area (Å²) in [7, 11) is 2.22. The third-order valence-electron chi connectivity index (χ3n) is 1.71. The fraction of sp³-hybridized carbons (Fsp3) is 0.333. The van der Waals surface area contributed by atoms with Gasteiger partial charge >= 0.3 is 0 Å². The van der Waals surface area contributed by atoms with E-state index in [4.69, 9.17) is 0 Å². The lowest BCUT2D eigenvalue weighted by Crippen LogP contribution is -1.91. The van der Waals surface area contributed by atoms with Crippen LogP contribution in [0, 0.1) is 6.92 Å². The van der Waals surface area contributed by atoms with E-state index in [-0.39, 0.29) is 0 Å². The highest BCUT2D eigenvalue weighted by Crippen LogP contribution is 2.11. The fourth-order valence-corrected chi connectivity index (χ4v) is 1.03. The Bertz CT molecular complexity index is 216. The molecule has 0 aliphatic heterocycles. The van der Waals surface area contributed by atoms with Gasteiger partial charge in [-0.25, -0.2) is 0 Å². The minimum atomic E-state index is 0.653. The maximum absolute atomic E-state index is 2.24. The zero-order chi connectivity index (χ0) is 7.56. The first kappa shape index (κ1) is 7.39. The van der Waals surface area contributed by atoms with Gasteiger partial charge in [-0.2, -0.15) is 0 Å². The summed E-state index contributed by atoms with van der Waals surface area (Å²) >= 11 is 0. The Morgan fingerprint density at radius 1 is 1.40 bits per heavy atom. The summed E-state index contributed by atoms with van der Waals surface area (Å²) in [6, 6.07) is 8.67. The van der Waals surface area contributed by atoms with Crippen molar-refractivity contribution in [1.29, 1.82) is 0 Å².